The molecule has 1 N–H and O–H groups in total. The van der Waals surface area contributed by atoms with Crippen molar-refractivity contribution in [2.75, 3.05) is 13.1 Å². The van der Waals surface area contributed by atoms with Gasteiger partial charge in [0, 0.05) is 12.0 Å². The lowest BCUT2D eigenvalue weighted by Gasteiger charge is -2.38. The van der Waals surface area contributed by atoms with Crippen LogP contribution in [0.3, 0.4) is 0 Å². The summed E-state index contributed by atoms with van der Waals surface area (Å²) in [5, 5.41) is 0. The van der Waals surface area contributed by atoms with Crippen molar-refractivity contribution < 1.29 is 9.13 Å². The summed E-state index contributed by atoms with van der Waals surface area (Å²) < 4.78 is 19.0. The number of fused-ring (bicyclic) bond motifs is 1. The summed E-state index contributed by atoms with van der Waals surface area (Å²) in [6.45, 7) is 6.71. The van der Waals surface area contributed by atoms with Gasteiger partial charge in [-0.1, -0.05) is 38.1 Å². The molecule has 0 aliphatic carbocycles. The molecule has 1 atom stereocenters. The Bertz CT molecular complexity index is 1180. The van der Waals surface area contributed by atoms with Gasteiger partial charge in [-0.05, 0) is 92.4 Å². The Balaban J connectivity index is 1.26. The van der Waals surface area contributed by atoms with Crippen LogP contribution in [0.15, 0.2) is 72.8 Å². The van der Waals surface area contributed by atoms with Gasteiger partial charge in [0.25, 0.3) is 0 Å². The van der Waals surface area contributed by atoms with Crippen molar-refractivity contribution >= 4 is 11.0 Å². The predicted octanol–water partition coefficient (Wildman–Crippen LogP) is 7.46. The second kappa shape index (κ2) is 9.98. The molecular formula is C29H32FN3O. The number of hydrogen-bond acceptors (Lipinski definition) is 3. The van der Waals surface area contributed by atoms with Crippen LogP contribution in [0.4, 0.5) is 4.39 Å². The molecule has 3 aromatic carbocycles. The molecule has 0 amide bonds. The number of rotatable bonds is 7. The van der Waals surface area contributed by atoms with Gasteiger partial charge in [-0.3, -0.25) is 4.90 Å². The number of halogens is 1. The van der Waals surface area contributed by atoms with Crippen LogP contribution in [0.2, 0.25) is 0 Å². The summed E-state index contributed by atoms with van der Waals surface area (Å²) in [4.78, 5) is 11.0. The maximum Gasteiger partial charge on any atom is 0.127 e. The Morgan fingerprint density at radius 3 is 2.24 bits per heavy atom. The van der Waals surface area contributed by atoms with Gasteiger partial charge in [0.2, 0.25) is 0 Å². The second-order valence-electron chi connectivity index (χ2n) is 9.72. The number of H-pyrrole nitrogens is 1. The fraction of sp³-hybridized carbons (Fsp3) is 0.345. The smallest absolute Gasteiger partial charge is 0.127 e. The SMILES string of the molecule is CC(C)CC(c1ccc(Oc2ccc(F)cc2)cc1)N1CCC(c2nc3ccccc3[nH]2)CC1. The molecule has 0 radical (unpaired) electrons. The minimum absolute atomic E-state index is 0.261. The number of piperidine rings is 1. The summed E-state index contributed by atoms with van der Waals surface area (Å²) in [7, 11) is 0. The van der Waals surface area contributed by atoms with E-state index in [1.54, 1.807) is 12.1 Å². The second-order valence-corrected chi connectivity index (χ2v) is 9.72. The van der Waals surface area contributed by atoms with E-state index in [4.69, 9.17) is 9.72 Å². The van der Waals surface area contributed by atoms with Gasteiger partial charge in [0.05, 0.1) is 11.0 Å². The molecule has 1 aromatic heterocycles. The number of para-hydroxylation sites is 2. The third kappa shape index (κ3) is 5.15. The van der Waals surface area contributed by atoms with Gasteiger partial charge < -0.3 is 9.72 Å². The number of hydrogen-bond donors (Lipinski definition) is 1. The molecule has 1 aliphatic rings. The van der Waals surface area contributed by atoms with Crippen LogP contribution in [-0.4, -0.2) is 28.0 Å². The molecule has 0 spiro atoms. The number of aromatic amines is 1. The van der Waals surface area contributed by atoms with Crippen molar-refractivity contribution in [2.24, 2.45) is 5.92 Å². The molecule has 1 aliphatic heterocycles. The molecule has 34 heavy (non-hydrogen) atoms. The normalized spacial score (nSPS) is 16.2. The van der Waals surface area contributed by atoms with E-state index in [-0.39, 0.29) is 5.82 Å². The lowest BCUT2D eigenvalue weighted by atomic mass is 9.90. The molecule has 5 heteroatoms. The highest BCUT2D eigenvalue weighted by molar-refractivity contribution is 5.74. The van der Waals surface area contributed by atoms with Crippen molar-refractivity contribution in [2.45, 2.75) is 45.1 Å². The van der Waals surface area contributed by atoms with Crippen molar-refractivity contribution in [3.05, 3.63) is 90.0 Å². The number of ether oxygens (including phenoxy) is 1. The topological polar surface area (TPSA) is 41.1 Å². The minimum atomic E-state index is -0.261. The molecule has 1 fully saturated rings. The molecule has 5 rings (SSSR count). The summed E-state index contributed by atoms with van der Waals surface area (Å²) in [6.07, 6.45) is 3.34. The Morgan fingerprint density at radius 1 is 0.941 bits per heavy atom. The lowest BCUT2D eigenvalue weighted by Crippen LogP contribution is -2.37. The molecule has 0 bridgehead atoms. The van der Waals surface area contributed by atoms with E-state index < -0.39 is 0 Å². The highest BCUT2D eigenvalue weighted by Gasteiger charge is 2.28. The van der Waals surface area contributed by atoms with Crippen molar-refractivity contribution in [3.63, 3.8) is 0 Å². The maximum absolute atomic E-state index is 13.2. The maximum atomic E-state index is 13.2. The zero-order valence-corrected chi connectivity index (χ0v) is 19.9. The highest BCUT2D eigenvalue weighted by atomic mass is 19.1. The molecule has 1 saturated heterocycles. The summed E-state index contributed by atoms with van der Waals surface area (Å²) in [6, 6.07) is 23.2. The summed E-state index contributed by atoms with van der Waals surface area (Å²) in [5.41, 5.74) is 3.50. The third-order valence-electron chi connectivity index (χ3n) is 6.77. The predicted molar refractivity (Wildman–Crippen MR) is 135 cm³/mol. The summed E-state index contributed by atoms with van der Waals surface area (Å²) >= 11 is 0. The van der Waals surface area contributed by atoms with Crippen molar-refractivity contribution in [1.82, 2.24) is 14.9 Å². The molecular weight excluding hydrogens is 425 g/mol. The van der Waals surface area contributed by atoms with E-state index in [0.717, 1.165) is 55.0 Å². The quantitative estimate of drug-likeness (QED) is 0.313. The van der Waals surface area contributed by atoms with Gasteiger partial charge in [-0.25, -0.2) is 9.37 Å². The van der Waals surface area contributed by atoms with Gasteiger partial charge in [-0.2, -0.15) is 0 Å². The average Bonchev–Trinajstić information content (AvgIpc) is 3.29. The van der Waals surface area contributed by atoms with Gasteiger partial charge in [0.15, 0.2) is 0 Å². The Kier molecular flexibility index (Phi) is 6.63. The Morgan fingerprint density at radius 2 is 1.59 bits per heavy atom. The number of benzene rings is 3. The van der Waals surface area contributed by atoms with E-state index in [1.807, 2.05) is 18.2 Å². The van der Waals surface area contributed by atoms with Crippen LogP contribution in [0.1, 0.15) is 56.5 Å². The van der Waals surface area contributed by atoms with E-state index >= 15 is 0 Å². The van der Waals surface area contributed by atoms with E-state index in [1.165, 1.54) is 17.7 Å². The highest BCUT2D eigenvalue weighted by Crippen LogP contribution is 2.35. The van der Waals surface area contributed by atoms with Crippen LogP contribution in [-0.2, 0) is 0 Å². The standard InChI is InChI=1S/C29H32FN3O/c1-20(2)19-28(21-7-11-24(12-8-21)34-25-13-9-23(30)10-14-25)33-17-15-22(16-18-33)29-31-26-5-3-4-6-27(26)32-29/h3-14,20,22,28H,15-19H2,1-2H3,(H,31,32). The van der Waals surface area contributed by atoms with Crippen molar-refractivity contribution in [3.8, 4) is 11.5 Å². The van der Waals surface area contributed by atoms with E-state index in [0.29, 0.717) is 23.6 Å². The van der Waals surface area contributed by atoms with Gasteiger partial charge in [0.1, 0.15) is 23.1 Å². The largest absolute Gasteiger partial charge is 0.457 e. The first-order chi connectivity index (χ1) is 16.5. The van der Waals surface area contributed by atoms with Crippen LogP contribution in [0, 0.1) is 11.7 Å². The molecule has 176 valence electrons. The number of likely N-dealkylation sites (tertiary alicyclic amines) is 1. The van der Waals surface area contributed by atoms with Gasteiger partial charge >= 0.3 is 0 Å². The number of nitrogens with one attached hydrogen (secondary N) is 1. The first-order valence-electron chi connectivity index (χ1n) is 12.3. The fourth-order valence-corrected chi connectivity index (χ4v) is 4.99. The third-order valence-corrected chi connectivity index (χ3v) is 6.77. The van der Waals surface area contributed by atoms with Crippen LogP contribution in [0.25, 0.3) is 11.0 Å². The average molecular weight is 458 g/mol. The Labute approximate surface area is 200 Å². The first-order valence-corrected chi connectivity index (χ1v) is 12.3. The molecule has 4 aromatic rings. The molecule has 4 nitrogen and oxygen atoms in total. The van der Waals surface area contributed by atoms with Crippen LogP contribution >= 0.6 is 0 Å². The van der Waals surface area contributed by atoms with Crippen molar-refractivity contribution in [1.29, 1.82) is 0 Å². The minimum Gasteiger partial charge on any atom is -0.457 e. The number of nitrogens with zero attached hydrogens (tertiary/aromatic N) is 2. The van der Waals surface area contributed by atoms with E-state index in [2.05, 4.69) is 54.1 Å². The lowest BCUT2D eigenvalue weighted by molar-refractivity contribution is 0.133. The molecule has 1 unspecified atom stereocenters. The number of aromatic nitrogens is 2. The summed E-state index contributed by atoms with van der Waals surface area (Å²) in [5.74, 6) is 3.36. The Hall–Kier alpha value is -3.18. The van der Waals surface area contributed by atoms with Crippen LogP contribution in [0.5, 0.6) is 11.5 Å². The zero-order valence-electron chi connectivity index (χ0n) is 19.9. The monoisotopic (exact) mass is 457 g/mol. The first kappa shape index (κ1) is 22.6. The zero-order chi connectivity index (χ0) is 23.5. The molecule has 2 heterocycles. The van der Waals surface area contributed by atoms with Gasteiger partial charge in [-0.15, -0.1) is 0 Å². The van der Waals surface area contributed by atoms with E-state index in [9.17, 15) is 4.39 Å². The molecule has 0 saturated carbocycles. The fourth-order valence-electron chi connectivity index (χ4n) is 4.99. The number of imidazole rings is 1. The van der Waals surface area contributed by atoms with Crippen LogP contribution < -0.4 is 4.74 Å².